The maximum absolute atomic E-state index is 6.18. The van der Waals surface area contributed by atoms with Crippen molar-refractivity contribution < 1.29 is 4.42 Å². The molecule has 0 radical (unpaired) electrons. The molecular weight excluding hydrogens is 725 g/mol. The summed E-state index contributed by atoms with van der Waals surface area (Å²) in [5.74, 6) is 0. The number of para-hydroxylation sites is 3. The van der Waals surface area contributed by atoms with Crippen LogP contribution < -0.4 is 4.90 Å². The Morgan fingerprint density at radius 3 is 1.74 bits per heavy atom. The molecule has 0 unspecified atom stereocenters. The van der Waals surface area contributed by atoms with E-state index in [9.17, 15) is 0 Å². The molecule has 0 bridgehead atoms. The van der Waals surface area contributed by atoms with Crippen molar-refractivity contribution in [1.82, 2.24) is 4.57 Å². The second kappa shape index (κ2) is 13.1. The van der Waals surface area contributed by atoms with E-state index in [1.807, 2.05) is 23.5 Å². The van der Waals surface area contributed by atoms with Gasteiger partial charge in [-0.3, -0.25) is 0 Å². The predicted octanol–water partition coefficient (Wildman–Crippen LogP) is 15.9. The first-order valence-corrected chi connectivity index (χ1v) is 20.5. The number of anilines is 3. The lowest BCUT2D eigenvalue weighted by Gasteiger charge is -2.26. The van der Waals surface area contributed by atoms with E-state index in [2.05, 4.69) is 204 Å². The van der Waals surface area contributed by atoms with Crippen LogP contribution in [-0.2, 0) is 0 Å². The molecule has 12 aromatic rings. The Balaban J connectivity index is 0.987. The summed E-state index contributed by atoms with van der Waals surface area (Å²) in [4.78, 5) is 2.37. The Morgan fingerprint density at radius 1 is 0.379 bits per heavy atom. The van der Waals surface area contributed by atoms with Crippen LogP contribution in [0.1, 0.15) is 0 Å². The third kappa shape index (κ3) is 5.19. The van der Waals surface area contributed by atoms with Gasteiger partial charge in [-0.2, -0.15) is 0 Å². The van der Waals surface area contributed by atoms with E-state index in [0.29, 0.717) is 0 Å². The molecule has 0 atom stereocenters. The predicted molar refractivity (Wildman–Crippen MR) is 247 cm³/mol. The lowest BCUT2D eigenvalue weighted by Crippen LogP contribution is -2.10. The minimum absolute atomic E-state index is 0.900. The third-order valence-corrected chi connectivity index (χ3v) is 12.8. The van der Waals surface area contributed by atoms with Crippen LogP contribution in [0.4, 0.5) is 17.1 Å². The average molecular weight is 759 g/mol. The number of hydrogen-bond acceptors (Lipinski definition) is 3. The minimum Gasteiger partial charge on any atom is -0.456 e. The summed E-state index contributed by atoms with van der Waals surface area (Å²) in [7, 11) is 0. The summed E-state index contributed by atoms with van der Waals surface area (Å²) in [5.41, 5.74) is 13.3. The maximum atomic E-state index is 6.18. The first kappa shape index (κ1) is 32.8. The molecule has 0 fully saturated rings. The Bertz CT molecular complexity index is 3460. The van der Waals surface area contributed by atoms with E-state index in [0.717, 1.165) is 55.8 Å². The van der Waals surface area contributed by atoms with Crippen LogP contribution in [0, 0.1) is 0 Å². The molecule has 0 spiro atoms. The van der Waals surface area contributed by atoms with Crippen molar-refractivity contribution in [3.63, 3.8) is 0 Å². The summed E-state index contributed by atoms with van der Waals surface area (Å²) >= 11 is 1.87. The van der Waals surface area contributed by atoms with Gasteiger partial charge in [-0.1, -0.05) is 121 Å². The molecule has 12 rings (SSSR count). The highest BCUT2D eigenvalue weighted by atomic mass is 32.1. The van der Waals surface area contributed by atoms with Crippen molar-refractivity contribution in [2.45, 2.75) is 0 Å². The quantitative estimate of drug-likeness (QED) is 0.168. The maximum Gasteiger partial charge on any atom is 0.135 e. The normalized spacial score (nSPS) is 11.8. The van der Waals surface area contributed by atoms with Crippen LogP contribution >= 0.6 is 11.3 Å². The van der Waals surface area contributed by atoms with Crippen molar-refractivity contribution in [3.8, 4) is 27.9 Å². The van der Waals surface area contributed by atoms with Gasteiger partial charge in [0.05, 0.1) is 11.0 Å². The van der Waals surface area contributed by atoms with Gasteiger partial charge in [0.1, 0.15) is 11.2 Å². The number of thiophene rings is 1. The molecule has 0 aliphatic rings. The zero-order chi connectivity index (χ0) is 38.2. The fourth-order valence-electron chi connectivity index (χ4n) is 8.89. The zero-order valence-corrected chi connectivity index (χ0v) is 32.2. The second-order valence-corrected chi connectivity index (χ2v) is 16.0. The van der Waals surface area contributed by atoms with E-state index < -0.39 is 0 Å². The highest BCUT2D eigenvalue weighted by Gasteiger charge is 2.18. The average Bonchev–Trinajstić information content (AvgIpc) is 3.97. The monoisotopic (exact) mass is 758 g/mol. The van der Waals surface area contributed by atoms with Crippen LogP contribution in [-0.4, -0.2) is 4.57 Å². The van der Waals surface area contributed by atoms with Gasteiger partial charge in [-0.15, -0.1) is 11.3 Å². The molecule has 3 aromatic heterocycles. The molecule has 0 aliphatic carbocycles. The van der Waals surface area contributed by atoms with Crippen molar-refractivity contribution >= 4 is 92.3 Å². The van der Waals surface area contributed by atoms with Crippen LogP contribution in [0.25, 0.3) is 91.9 Å². The molecule has 0 saturated carbocycles. The van der Waals surface area contributed by atoms with Gasteiger partial charge in [-0.05, 0) is 107 Å². The minimum atomic E-state index is 0.900. The van der Waals surface area contributed by atoms with Crippen molar-refractivity contribution in [3.05, 3.63) is 206 Å². The first-order valence-electron chi connectivity index (χ1n) is 19.7. The smallest absolute Gasteiger partial charge is 0.135 e. The number of benzene rings is 9. The molecule has 4 heteroatoms. The molecule has 58 heavy (non-hydrogen) atoms. The number of furan rings is 1. The Hall–Kier alpha value is -7.40. The van der Waals surface area contributed by atoms with Crippen molar-refractivity contribution in [2.24, 2.45) is 0 Å². The molecule has 0 saturated heterocycles. The molecule has 0 N–H and O–H groups in total. The highest BCUT2D eigenvalue weighted by molar-refractivity contribution is 7.26. The lowest BCUT2D eigenvalue weighted by molar-refractivity contribution is 0.669. The number of hydrogen-bond donors (Lipinski definition) is 0. The van der Waals surface area contributed by atoms with E-state index in [1.54, 1.807) is 0 Å². The van der Waals surface area contributed by atoms with Crippen LogP contribution in [0.3, 0.4) is 0 Å². The van der Waals surface area contributed by atoms with Crippen LogP contribution in [0.2, 0.25) is 0 Å². The van der Waals surface area contributed by atoms with Gasteiger partial charge in [0.25, 0.3) is 0 Å². The molecular formula is C54H34N2OS. The van der Waals surface area contributed by atoms with Gasteiger partial charge in [-0.25, -0.2) is 0 Å². The largest absolute Gasteiger partial charge is 0.456 e. The molecule has 0 aliphatic heterocycles. The van der Waals surface area contributed by atoms with Crippen LogP contribution in [0.5, 0.6) is 0 Å². The van der Waals surface area contributed by atoms with Gasteiger partial charge in [0.15, 0.2) is 0 Å². The summed E-state index contributed by atoms with van der Waals surface area (Å²) in [5, 5.41) is 7.40. The lowest BCUT2D eigenvalue weighted by atomic mass is 10.0. The zero-order valence-electron chi connectivity index (χ0n) is 31.3. The molecule has 9 aromatic carbocycles. The Morgan fingerprint density at radius 2 is 0.966 bits per heavy atom. The highest BCUT2D eigenvalue weighted by Crippen LogP contribution is 2.43. The van der Waals surface area contributed by atoms with Crippen molar-refractivity contribution in [1.29, 1.82) is 0 Å². The van der Waals surface area contributed by atoms with Gasteiger partial charge >= 0.3 is 0 Å². The summed E-state index contributed by atoms with van der Waals surface area (Å²) in [6.07, 6.45) is 0. The van der Waals surface area contributed by atoms with E-state index in [-0.39, 0.29) is 0 Å². The van der Waals surface area contributed by atoms with Gasteiger partial charge < -0.3 is 13.9 Å². The number of aromatic nitrogens is 1. The number of rotatable bonds is 6. The van der Waals surface area contributed by atoms with E-state index in [4.69, 9.17) is 4.42 Å². The van der Waals surface area contributed by atoms with Gasteiger partial charge in [0, 0.05) is 64.5 Å². The summed E-state index contributed by atoms with van der Waals surface area (Å²) in [6.45, 7) is 0. The molecule has 272 valence electrons. The molecule has 3 heterocycles. The van der Waals surface area contributed by atoms with Crippen molar-refractivity contribution in [2.75, 3.05) is 4.90 Å². The fourth-order valence-corrected chi connectivity index (χ4v) is 10.1. The summed E-state index contributed by atoms with van der Waals surface area (Å²) in [6, 6.07) is 74.5. The standard InChI is InChI=1S/C54H34N2OS/c1-5-19-49-43(13-1)44-14-2-6-20-50(44)56(49)40-30-28-39(29-31-40)55(38-26-23-35(24-27-38)42-17-10-18-47-46-16-4-8-22-53(46)58-54(42)47)41-12-9-11-36(33-41)37-25-32-52-48(34-37)45-15-3-7-21-51(45)57-52/h1-34H. The Kier molecular flexibility index (Phi) is 7.40. The molecule has 3 nitrogen and oxygen atoms in total. The van der Waals surface area contributed by atoms with Crippen LogP contribution in [0.15, 0.2) is 211 Å². The third-order valence-electron chi connectivity index (χ3n) is 11.6. The van der Waals surface area contributed by atoms with Gasteiger partial charge in [0.2, 0.25) is 0 Å². The fraction of sp³-hybridized carbons (Fsp3) is 0. The van der Waals surface area contributed by atoms with E-state index in [1.165, 1.54) is 53.1 Å². The number of fused-ring (bicyclic) bond motifs is 9. The molecule has 0 amide bonds. The second-order valence-electron chi connectivity index (χ2n) is 14.9. The first-order chi connectivity index (χ1) is 28.7. The topological polar surface area (TPSA) is 21.3 Å². The number of nitrogens with zero attached hydrogens (tertiary/aromatic N) is 2. The Labute approximate surface area is 338 Å². The SMILES string of the molecule is c1cc(-c2ccc3oc4ccccc4c3c2)cc(N(c2ccc(-c3cccc4c3sc3ccccc34)cc2)c2ccc(-n3c4ccccc4c4ccccc43)cc2)c1. The van der Waals surface area contributed by atoms with E-state index >= 15 is 0 Å². The summed E-state index contributed by atoms with van der Waals surface area (Å²) < 4.78 is 11.2.